The SMILES string of the molecule is CC(=O)N(C)c1ccc(NC(=O)N[C@@H]2CCN(C(C)C)[C@@H]2c2ccc(Cl)c(F)c2)cc1. The maximum atomic E-state index is 14.1. The van der Waals surface area contributed by atoms with Crippen LogP contribution >= 0.6 is 11.6 Å². The highest BCUT2D eigenvalue weighted by Crippen LogP contribution is 2.35. The van der Waals surface area contributed by atoms with Crippen LogP contribution in [0.25, 0.3) is 0 Å². The van der Waals surface area contributed by atoms with Crippen LogP contribution in [0.5, 0.6) is 0 Å². The zero-order valence-corrected chi connectivity index (χ0v) is 18.9. The van der Waals surface area contributed by atoms with E-state index in [4.69, 9.17) is 11.6 Å². The van der Waals surface area contributed by atoms with Crippen LogP contribution in [-0.2, 0) is 4.79 Å². The average molecular weight is 447 g/mol. The van der Waals surface area contributed by atoms with Gasteiger partial charge in [0.05, 0.1) is 17.1 Å². The summed E-state index contributed by atoms with van der Waals surface area (Å²) >= 11 is 5.86. The Morgan fingerprint density at radius 2 is 1.87 bits per heavy atom. The van der Waals surface area contributed by atoms with Crippen LogP contribution in [0.15, 0.2) is 42.5 Å². The first kappa shape index (κ1) is 23.0. The van der Waals surface area contributed by atoms with Gasteiger partial charge in [-0.3, -0.25) is 9.69 Å². The standard InChI is InChI=1S/C23H28ClFN4O2/c1-14(2)29-12-11-21(22(29)16-5-10-19(24)20(25)13-16)27-23(31)26-17-6-8-18(9-7-17)28(4)15(3)30/h5-10,13-14,21-22H,11-12H2,1-4H3,(H2,26,27,31)/t21-,22-/m1/s1. The molecule has 0 radical (unpaired) electrons. The molecule has 8 heteroatoms. The minimum Gasteiger partial charge on any atom is -0.333 e. The van der Waals surface area contributed by atoms with Crippen molar-refractivity contribution in [3.8, 4) is 0 Å². The fourth-order valence-corrected chi connectivity index (χ4v) is 4.07. The molecule has 3 amide bonds. The number of hydrogen-bond acceptors (Lipinski definition) is 3. The fraction of sp³-hybridized carbons (Fsp3) is 0.391. The number of halogens is 2. The van der Waals surface area contributed by atoms with Gasteiger partial charge in [0.15, 0.2) is 0 Å². The number of anilines is 2. The van der Waals surface area contributed by atoms with E-state index in [1.807, 2.05) is 6.07 Å². The summed E-state index contributed by atoms with van der Waals surface area (Å²) < 4.78 is 14.1. The van der Waals surface area contributed by atoms with E-state index in [0.717, 1.165) is 24.2 Å². The molecule has 2 N–H and O–H groups in total. The van der Waals surface area contributed by atoms with Gasteiger partial charge in [0.1, 0.15) is 5.82 Å². The molecule has 166 valence electrons. The molecule has 2 aromatic rings. The Morgan fingerprint density at radius 3 is 2.45 bits per heavy atom. The lowest BCUT2D eigenvalue weighted by Crippen LogP contribution is -2.43. The average Bonchev–Trinajstić information content (AvgIpc) is 3.13. The van der Waals surface area contributed by atoms with E-state index in [0.29, 0.717) is 5.69 Å². The van der Waals surface area contributed by atoms with E-state index in [1.54, 1.807) is 37.4 Å². The molecule has 0 bridgehead atoms. The van der Waals surface area contributed by atoms with Crippen molar-refractivity contribution >= 4 is 34.9 Å². The second-order valence-electron chi connectivity index (χ2n) is 8.07. The minimum absolute atomic E-state index is 0.0703. The summed E-state index contributed by atoms with van der Waals surface area (Å²) in [4.78, 5) is 27.9. The Kier molecular flexibility index (Phi) is 7.18. The number of likely N-dealkylation sites (tertiary alicyclic amines) is 1. The van der Waals surface area contributed by atoms with E-state index in [1.165, 1.54) is 17.9 Å². The van der Waals surface area contributed by atoms with Gasteiger partial charge in [0.25, 0.3) is 0 Å². The fourth-order valence-electron chi connectivity index (χ4n) is 3.95. The maximum Gasteiger partial charge on any atom is 0.319 e. The van der Waals surface area contributed by atoms with Crippen LogP contribution in [-0.4, -0.2) is 42.5 Å². The Hall–Kier alpha value is -2.64. The summed E-state index contributed by atoms with van der Waals surface area (Å²) in [5.41, 5.74) is 2.15. The van der Waals surface area contributed by atoms with Gasteiger partial charge in [-0.15, -0.1) is 0 Å². The van der Waals surface area contributed by atoms with Gasteiger partial charge in [-0.25, -0.2) is 9.18 Å². The quantitative estimate of drug-likeness (QED) is 0.692. The highest BCUT2D eigenvalue weighted by atomic mass is 35.5. The normalized spacial score (nSPS) is 18.8. The summed E-state index contributed by atoms with van der Waals surface area (Å²) in [6.07, 6.45) is 0.753. The Balaban J connectivity index is 1.71. The van der Waals surface area contributed by atoms with Crippen molar-refractivity contribution in [2.24, 2.45) is 0 Å². The highest BCUT2D eigenvalue weighted by molar-refractivity contribution is 6.30. The van der Waals surface area contributed by atoms with Crippen molar-refractivity contribution < 1.29 is 14.0 Å². The zero-order chi connectivity index (χ0) is 22.7. The molecule has 6 nitrogen and oxygen atoms in total. The Labute approximate surface area is 187 Å². The lowest BCUT2D eigenvalue weighted by atomic mass is 9.99. The molecular weight excluding hydrogens is 419 g/mol. The summed E-state index contributed by atoms with van der Waals surface area (Å²) in [5.74, 6) is -0.535. The number of urea groups is 1. The number of amides is 3. The van der Waals surface area contributed by atoms with Crippen molar-refractivity contribution in [1.82, 2.24) is 10.2 Å². The first-order valence-electron chi connectivity index (χ1n) is 10.3. The predicted octanol–water partition coefficient (Wildman–Crippen LogP) is 4.81. The molecule has 1 aliphatic rings. The molecule has 1 saturated heterocycles. The van der Waals surface area contributed by atoms with E-state index in [9.17, 15) is 14.0 Å². The third kappa shape index (κ3) is 5.35. The third-order valence-electron chi connectivity index (χ3n) is 5.69. The second-order valence-corrected chi connectivity index (χ2v) is 8.48. The van der Waals surface area contributed by atoms with Crippen molar-refractivity contribution in [2.45, 2.75) is 45.3 Å². The maximum absolute atomic E-state index is 14.1. The zero-order valence-electron chi connectivity index (χ0n) is 18.2. The molecule has 1 aliphatic heterocycles. The smallest absolute Gasteiger partial charge is 0.319 e. The second kappa shape index (κ2) is 9.66. The Morgan fingerprint density at radius 1 is 1.19 bits per heavy atom. The summed E-state index contributed by atoms with van der Waals surface area (Å²) in [7, 11) is 1.69. The molecule has 1 fully saturated rings. The number of carbonyl (C=O) groups excluding carboxylic acids is 2. The molecule has 2 aromatic carbocycles. The first-order valence-corrected chi connectivity index (χ1v) is 10.7. The monoisotopic (exact) mass is 446 g/mol. The van der Waals surface area contributed by atoms with E-state index in [-0.39, 0.29) is 35.1 Å². The van der Waals surface area contributed by atoms with Gasteiger partial charge in [-0.05, 0) is 62.2 Å². The highest BCUT2D eigenvalue weighted by Gasteiger charge is 2.37. The Bertz CT molecular complexity index is 951. The lowest BCUT2D eigenvalue weighted by molar-refractivity contribution is -0.116. The minimum atomic E-state index is -0.464. The van der Waals surface area contributed by atoms with Crippen LogP contribution in [0.4, 0.5) is 20.6 Å². The molecule has 31 heavy (non-hydrogen) atoms. The van der Waals surface area contributed by atoms with Gasteiger partial charge in [-0.2, -0.15) is 0 Å². The molecule has 3 rings (SSSR count). The molecule has 0 unspecified atom stereocenters. The summed E-state index contributed by atoms with van der Waals surface area (Å²) in [6, 6.07) is 11.4. The molecule has 1 heterocycles. The van der Waals surface area contributed by atoms with Crippen LogP contribution in [0.3, 0.4) is 0 Å². The summed E-state index contributed by atoms with van der Waals surface area (Å²) in [5, 5.41) is 5.95. The molecule has 0 saturated carbocycles. The van der Waals surface area contributed by atoms with E-state index >= 15 is 0 Å². The van der Waals surface area contributed by atoms with Gasteiger partial charge in [0, 0.05) is 37.9 Å². The van der Waals surface area contributed by atoms with E-state index < -0.39 is 5.82 Å². The van der Waals surface area contributed by atoms with Gasteiger partial charge in [0.2, 0.25) is 5.91 Å². The van der Waals surface area contributed by atoms with Gasteiger partial charge in [-0.1, -0.05) is 17.7 Å². The van der Waals surface area contributed by atoms with Crippen molar-refractivity contribution in [3.05, 3.63) is 58.9 Å². The van der Waals surface area contributed by atoms with E-state index in [2.05, 4.69) is 29.4 Å². The van der Waals surface area contributed by atoms with Gasteiger partial charge >= 0.3 is 6.03 Å². The number of benzene rings is 2. The first-order chi connectivity index (χ1) is 14.7. The van der Waals surface area contributed by atoms with Gasteiger partial charge < -0.3 is 15.5 Å². The number of nitrogens with one attached hydrogen (secondary N) is 2. The van der Waals surface area contributed by atoms with Crippen LogP contribution in [0, 0.1) is 5.82 Å². The largest absolute Gasteiger partial charge is 0.333 e. The number of carbonyl (C=O) groups is 2. The molecule has 0 spiro atoms. The molecular formula is C23H28ClFN4O2. The molecule has 0 aliphatic carbocycles. The molecule has 2 atom stereocenters. The van der Waals surface area contributed by atoms with Crippen LogP contribution < -0.4 is 15.5 Å². The number of hydrogen-bond donors (Lipinski definition) is 2. The van der Waals surface area contributed by atoms with Crippen LogP contribution in [0.1, 0.15) is 38.8 Å². The predicted molar refractivity (Wildman–Crippen MR) is 122 cm³/mol. The third-order valence-corrected chi connectivity index (χ3v) is 5.99. The lowest BCUT2D eigenvalue weighted by Gasteiger charge is -2.32. The van der Waals surface area contributed by atoms with Crippen molar-refractivity contribution in [1.29, 1.82) is 0 Å². The van der Waals surface area contributed by atoms with Crippen molar-refractivity contribution in [2.75, 3.05) is 23.8 Å². The van der Waals surface area contributed by atoms with Crippen molar-refractivity contribution in [3.63, 3.8) is 0 Å². The number of nitrogens with zero attached hydrogens (tertiary/aromatic N) is 2. The number of rotatable bonds is 5. The summed E-state index contributed by atoms with van der Waals surface area (Å²) in [6.45, 7) is 6.46. The van der Waals surface area contributed by atoms with Crippen LogP contribution in [0.2, 0.25) is 5.02 Å². The molecule has 0 aromatic heterocycles. The topological polar surface area (TPSA) is 64.7 Å².